The third kappa shape index (κ3) is 3.65. The Morgan fingerprint density at radius 1 is 1.38 bits per heavy atom. The second kappa shape index (κ2) is 7.81. The molecule has 9 nitrogen and oxygen atoms in total. The number of carbonyl (C=O) groups is 1. The van der Waals surface area contributed by atoms with Crippen LogP contribution in [-0.4, -0.2) is 75.8 Å². The van der Waals surface area contributed by atoms with Crippen molar-refractivity contribution in [3.05, 3.63) is 27.7 Å². The number of carbonyl (C=O) groups excluding carboxylic acids is 1. The number of likely N-dealkylation sites (N-methyl/N-ethyl adjacent to an activating group) is 1. The van der Waals surface area contributed by atoms with E-state index in [0.29, 0.717) is 35.6 Å². The molecule has 29 heavy (non-hydrogen) atoms. The van der Waals surface area contributed by atoms with Crippen LogP contribution < -0.4 is 10.9 Å². The molecular weight excluding hydrogens is 374 g/mol. The van der Waals surface area contributed by atoms with Crippen molar-refractivity contribution in [3.8, 4) is 0 Å². The van der Waals surface area contributed by atoms with E-state index in [1.165, 1.54) is 6.92 Å². The highest BCUT2D eigenvalue weighted by Gasteiger charge is 2.29. The summed E-state index contributed by atoms with van der Waals surface area (Å²) in [5, 5.41) is 14.0. The van der Waals surface area contributed by atoms with Crippen LogP contribution in [0.15, 0.2) is 11.0 Å². The van der Waals surface area contributed by atoms with E-state index in [4.69, 9.17) is 4.74 Å². The van der Waals surface area contributed by atoms with Gasteiger partial charge in [-0.3, -0.25) is 14.2 Å². The van der Waals surface area contributed by atoms with Gasteiger partial charge in [-0.05, 0) is 45.8 Å². The number of aryl methyl sites for hydroxylation is 1. The van der Waals surface area contributed by atoms with Crippen molar-refractivity contribution < 1.29 is 14.6 Å². The molecule has 2 aliphatic rings. The van der Waals surface area contributed by atoms with Crippen LogP contribution in [0.25, 0.3) is 11.0 Å². The molecule has 2 fully saturated rings. The van der Waals surface area contributed by atoms with E-state index in [1.807, 2.05) is 7.05 Å². The fourth-order valence-electron chi connectivity index (χ4n) is 4.34. The second-order valence-corrected chi connectivity index (χ2v) is 8.05. The zero-order chi connectivity index (χ0) is 20.7. The normalized spacial score (nSPS) is 25.4. The summed E-state index contributed by atoms with van der Waals surface area (Å²) in [6, 6.07) is -0.262. The number of likely N-dealkylation sites (tertiary alicyclic amines) is 1. The highest BCUT2D eigenvalue weighted by Crippen LogP contribution is 2.26. The number of pyridine rings is 1. The topological polar surface area (TPSA) is 110 Å². The van der Waals surface area contributed by atoms with E-state index in [0.717, 1.165) is 19.5 Å². The molecule has 2 aromatic heterocycles. The molecule has 0 aromatic carbocycles. The van der Waals surface area contributed by atoms with Gasteiger partial charge >= 0.3 is 0 Å². The van der Waals surface area contributed by atoms with Crippen molar-refractivity contribution in [2.24, 2.45) is 0 Å². The molecule has 0 unspecified atom stereocenters. The number of ether oxygens (including phenoxy) is 1. The lowest BCUT2D eigenvalue weighted by atomic mass is 10.0. The monoisotopic (exact) mass is 401 g/mol. The zero-order valence-electron chi connectivity index (χ0n) is 17.0. The molecule has 2 saturated heterocycles. The summed E-state index contributed by atoms with van der Waals surface area (Å²) in [7, 11) is 2.02. The first-order valence-electron chi connectivity index (χ1n) is 10.0. The third-order valence-corrected chi connectivity index (χ3v) is 5.93. The summed E-state index contributed by atoms with van der Waals surface area (Å²) in [6.07, 6.45) is 2.48. The van der Waals surface area contributed by atoms with Crippen molar-refractivity contribution in [1.29, 1.82) is 0 Å². The van der Waals surface area contributed by atoms with Crippen molar-refractivity contribution >= 4 is 22.8 Å². The summed E-state index contributed by atoms with van der Waals surface area (Å²) < 4.78 is 6.93. The largest absolute Gasteiger partial charge is 0.389 e. The van der Waals surface area contributed by atoms with Crippen LogP contribution in [0.2, 0.25) is 0 Å². The predicted molar refractivity (Wildman–Crippen MR) is 109 cm³/mol. The number of nitrogens with zero attached hydrogens (tertiary/aromatic N) is 4. The number of aliphatic hydroxyl groups is 1. The molecule has 0 bridgehead atoms. The predicted octanol–water partition coefficient (Wildman–Crippen LogP) is 0.741. The summed E-state index contributed by atoms with van der Waals surface area (Å²) in [5.74, 6) is 0.111. The van der Waals surface area contributed by atoms with Gasteiger partial charge in [0.2, 0.25) is 5.95 Å². The van der Waals surface area contributed by atoms with E-state index in [9.17, 15) is 14.7 Å². The molecule has 0 radical (unpaired) electrons. The Balaban J connectivity index is 1.84. The molecule has 2 aromatic rings. The van der Waals surface area contributed by atoms with E-state index in [1.54, 1.807) is 17.7 Å². The molecule has 0 amide bonds. The number of aromatic nitrogens is 3. The fourth-order valence-corrected chi connectivity index (χ4v) is 4.34. The molecule has 9 heteroatoms. The Bertz CT molecular complexity index is 1000. The van der Waals surface area contributed by atoms with E-state index >= 15 is 0 Å². The number of ketones is 1. The highest BCUT2D eigenvalue weighted by atomic mass is 16.5. The summed E-state index contributed by atoms with van der Waals surface area (Å²) >= 11 is 0. The van der Waals surface area contributed by atoms with Gasteiger partial charge in [-0.1, -0.05) is 0 Å². The van der Waals surface area contributed by atoms with Crippen LogP contribution in [0.3, 0.4) is 0 Å². The zero-order valence-corrected chi connectivity index (χ0v) is 17.0. The van der Waals surface area contributed by atoms with Gasteiger partial charge in [-0.2, -0.15) is 4.98 Å². The van der Waals surface area contributed by atoms with Crippen molar-refractivity contribution in [2.45, 2.75) is 44.9 Å². The molecule has 0 saturated carbocycles. The van der Waals surface area contributed by atoms with Crippen LogP contribution in [0, 0.1) is 6.92 Å². The van der Waals surface area contributed by atoms with Crippen molar-refractivity contribution in [2.75, 3.05) is 38.7 Å². The van der Waals surface area contributed by atoms with Crippen LogP contribution in [0.1, 0.15) is 41.7 Å². The molecular formula is C20H27N5O4. The van der Waals surface area contributed by atoms with Gasteiger partial charge < -0.3 is 20.1 Å². The number of fused-ring (bicyclic) bond motifs is 1. The standard InChI is InChI=1S/C20H27N5O4/c1-11-14-8-21-20(22-15-5-7-29-10-16(15)27)23-18(14)25(13-4-6-24(3)9-13)19(28)17(11)12(2)26/h8,13,15-16,27H,4-7,9-10H2,1-3H3,(H,21,22,23)/t13-,15+,16+/m0/s1. The Hall–Kier alpha value is -2.36. The molecule has 2 aliphatic heterocycles. The van der Waals surface area contributed by atoms with Gasteiger partial charge in [0.25, 0.3) is 5.56 Å². The first-order chi connectivity index (χ1) is 13.9. The maximum atomic E-state index is 13.3. The van der Waals surface area contributed by atoms with Crippen molar-refractivity contribution in [1.82, 2.24) is 19.4 Å². The Morgan fingerprint density at radius 3 is 2.83 bits per heavy atom. The molecule has 3 atom stereocenters. The molecule has 4 heterocycles. The quantitative estimate of drug-likeness (QED) is 0.722. The fraction of sp³-hybridized carbons (Fsp3) is 0.600. The molecule has 2 N–H and O–H groups in total. The smallest absolute Gasteiger partial charge is 0.263 e. The second-order valence-electron chi connectivity index (χ2n) is 8.05. The maximum Gasteiger partial charge on any atom is 0.263 e. The van der Waals surface area contributed by atoms with Gasteiger partial charge in [-0.15, -0.1) is 0 Å². The molecule has 0 aliphatic carbocycles. The SMILES string of the molecule is CC(=O)c1c(C)c2cnc(N[C@@H]3CCOC[C@H]3O)nc2n([C@H]2CCN(C)C2)c1=O. The van der Waals surface area contributed by atoms with Crippen LogP contribution >= 0.6 is 0 Å². The summed E-state index contributed by atoms with van der Waals surface area (Å²) in [6.45, 7) is 5.62. The number of hydrogen-bond acceptors (Lipinski definition) is 8. The summed E-state index contributed by atoms with van der Waals surface area (Å²) in [4.78, 5) is 36.7. The Kier molecular flexibility index (Phi) is 5.37. The minimum Gasteiger partial charge on any atom is -0.389 e. The number of Topliss-reactive ketones (excluding diaryl/α,β-unsaturated/α-hetero) is 1. The van der Waals surface area contributed by atoms with Gasteiger partial charge in [0.1, 0.15) is 5.65 Å². The Morgan fingerprint density at radius 2 is 2.17 bits per heavy atom. The lowest BCUT2D eigenvalue weighted by Gasteiger charge is -2.28. The minimum atomic E-state index is -0.643. The van der Waals surface area contributed by atoms with Gasteiger partial charge in [0, 0.05) is 24.7 Å². The summed E-state index contributed by atoms with van der Waals surface area (Å²) in [5.41, 5.74) is 1.05. The maximum absolute atomic E-state index is 13.3. The number of hydrogen-bond donors (Lipinski definition) is 2. The molecule has 4 rings (SSSR count). The van der Waals surface area contributed by atoms with Gasteiger partial charge in [-0.25, -0.2) is 4.98 Å². The Labute approximate surface area is 168 Å². The number of anilines is 1. The van der Waals surface area contributed by atoms with Crippen LogP contribution in [-0.2, 0) is 4.74 Å². The molecule has 0 spiro atoms. The van der Waals surface area contributed by atoms with E-state index < -0.39 is 6.10 Å². The number of rotatable bonds is 4. The van der Waals surface area contributed by atoms with E-state index in [-0.39, 0.29) is 35.6 Å². The average molecular weight is 401 g/mol. The lowest BCUT2D eigenvalue weighted by Crippen LogP contribution is -2.42. The van der Waals surface area contributed by atoms with Crippen molar-refractivity contribution in [3.63, 3.8) is 0 Å². The highest BCUT2D eigenvalue weighted by molar-refractivity contribution is 5.99. The average Bonchev–Trinajstić information content (AvgIpc) is 3.09. The lowest BCUT2D eigenvalue weighted by molar-refractivity contribution is -0.0136. The van der Waals surface area contributed by atoms with Gasteiger partial charge in [0.15, 0.2) is 5.78 Å². The first-order valence-corrected chi connectivity index (χ1v) is 10.0. The molecule has 156 valence electrons. The number of aliphatic hydroxyl groups excluding tert-OH is 1. The number of nitrogens with one attached hydrogen (secondary N) is 1. The third-order valence-electron chi connectivity index (χ3n) is 5.93. The van der Waals surface area contributed by atoms with Crippen LogP contribution in [0.4, 0.5) is 5.95 Å². The first kappa shape index (κ1) is 19.9. The van der Waals surface area contributed by atoms with Crippen LogP contribution in [0.5, 0.6) is 0 Å². The van der Waals surface area contributed by atoms with E-state index in [2.05, 4.69) is 20.2 Å². The minimum absolute atomic E-state index is 0.0508. The van der Waals surface area contributed by atoms with Gasteiger partial charge in [0.05, 0.1) is 30.4 Å².